The number of hydrogen-bond donors (Lipinski definition) is 2. The second kappa shape index (κ2) is 9.07. The van der Waals surface area contributed by atoms with Crippen LogP contribution in [0.3, 0.4) is 0 Å². The fraction of sp³-hybridized carbons (Fsp3) is 0.476. The summed E-state index contributed by atoms with van der Waals surface area (Å²) in [5, 5.41) is 19.3. The third-order valence-electron chi connectivity index (χ3n) is 6.37. The Bertz CT molecular complexity index is 1290. The number of urea groups is 1. The van der Waals surface area contributed by atoms with E-state index in [0.29, 0.717) is 47.9 Å². The van der Waals surface area contributed by atoms with Gasteiger partial charge in [0.1, 0.15) is 11.8 Å². The molecule has 0 radical (unpaired) electrons. The molecule has 11 nitrogen and oxygen atoms in total. The zero-order valence-electron chi connectivity index (χ0n) is 18.3. The van der Waals surface area contributed by atoms with E-state index in [4.69, 9.17) is 21.6 Å². The third kappa shape index (κ3) is 4.20. The van der Waals surface area contributed by atoms with Gasteiger partial charge in [0.15, 0.2) is 0 Å². The molecule has 2 atom stereocenters. The minimum absolute atomic E-state index is 0.0200. The van der Waals surface area contributed by atoms with Gasteiger partial charge in [-0.3, -0.25) is 5.32 Å². The van der Waals surface area contributed by atoms with Crippen molar-refractivity contribution in [2.75, 3.05) is 32.9 Å². The lowest BCUT2D eigenvalue weighted by Gasteiger charge is -2.42. The number of rotatable bonds is 4. The first-order chi connectivity index (χ1) is 16.4. The van der Waals surface area contributed by atoms with E-state index in [1.165, 1.54) is 9.31 Å². The normalized spacial score (nSPS) is 23.4. The van der Waals surface area contributed by atoms with Gasteiger partial charge in [0.2, 0.25) is 5.90 Å². The molecular formula is C21H24ClN7O4S. The molecule has 0 saturated carbocycles. The average Bonchev–Trinajstić information content (AvgIpc) is 3.48. The summed E-state index contributed by atoms with van der Waals surface area (Å²) >= 11 is 6.04. The van der Waals surface area contributed by atoms with Gasteiger partial charge >= 0.3 is 6.03 Å². The maximum absolute atomic E-state index is 13.4. The van der Waals surface area contributed by atoms with Crippen molar-refractivity contribution in [1.82, 2.24) is 24.5 Å². The number of fused-ring (bicyclic) bond motifs is 2. The first-order valence-electron chi connectivity index (χ1n) is 11.0. The number of carbonyl (C=O) groups is 1. The molecule has 3 aliphatic rings. The van der Waals surface area contributed by atoms with Crippen molar-refractivity contribution in [3.8, 4) is 6.07 Å². The molecule has 1 aromatic heterocycles. The Kier molecular flexibility index (Phi) is 6.11. The Morgan fingerprint density at radius 2 is 2.15 bits per heavy atom. The minimum Gasteiger partial charge on any atom is -0.463 e. The smallest absolute Gasteiger partial charge is 0.340 e. The highest BCUT2D eigenvalue weighted by Gasteiger charge is 2.40. The standard InChI is InChI=1S/C21H24ClN7O4S/c22-15-3-4-17-14(10-15)11-19(25-17)34(31,32)27-8-9-28(16(12-27)2-1-6-23)21(30)29-7-5-18-20(26-29)33-13-24-18/h3-4,10-11,16,18,24-25H,1-2,5,7-9,12-13H2. The number of amides is 2. The number of H-pyrrole nitrogens is 1. The van der Waals surface area contributed by atoms with Crippen LogP contribution in [0.2, 0.25) is 5.02 Å². The van der Waals surface area contributed by atoms with E-state index in [9.17, 15) is 13.2 Å². The summed E-state index contributed by atoms with van der Waals surface area (Å²) < 4.78 is 33.6. The van der Waals surface area contributed by atoms with Crippen LogP contribution >= 0.6 is 11.6 Å². The Hall–Kier alpha value is -2.85. The molecular weight excluding hydrogens is 482 g/mol. The molecule has 4 heterocycles. The third-order valence-corrected chi connectivity index (χ3v) is 8.40. The summed E-state index contributed by atoms with van der Waals surface area (Å²) in [6, 6.07) is 8.06. The number of hydrogen-bond acceptors (Lipinski definition) is 7. The fourth-order valence-electron chi connectivity index (χ4n) is 4.57. The zero-order chi connectivity index (χ0) is 23.9. The van der Waals surface area contributed by atoms with Gasteiger partial charge in [0.05, 0.1) is 12.1 Å². The van der Waals surface area contributed by atoms with E-state index >= 15 is 0 Å². The molecule has 2 N–H and O–H groups in total. The number of ether oxygens (including phenoxy) is 1. The molecule has 0 aliphatic carbocycles. The number of benzene rings is 1. The monoisotopic (exact) mass is 505 g/mol. The van der Waals surface area contributed by atoms with Crippen molar-refractivity contribution < 1.29 is 17.9 Å². The van der Waals surface area contributed by atoms with E-state index in [2.05, 4.69) is 21.5 Å². The van der Waals surface area contributed by atoms with E-state index in [-0.39, 0.29) is 43.2 Å². The van der Waals surface area contributed by atoms with E-state index in [1.54, 1.807) is 29.2 Å². The zero-order valence-corrected chi connectivity index (χ0v) is 19.8. The molecule has 34 heavy (non-hydrogen) atoms. The molecule has 2 fully saturated rings. The van der Waals surface area contributed by atoms with Crippen LogP contribution in [0, 0.1) is 11.3 Å². The number of aromatic amines is 1. The molecule has 13 heteroatoms. The van der Waals surface area contributed by atoms with Gasteiger partial charge in [-0.25, -0.2) is 18.2 Å². The molecule has 2 saturated heterocycles. The summed E-state index contributed by atoms with van der Waals surface area (Å²) in [6.07, 6.45) is 1.25. The molecule has 3 aliphatic heterocycles. The van der Waals surface area contributed by atoms with Crippen molar-refractivity contribution >= 4 is 44.5 Å². The van der Waals surface area contributed by atoms with Gasteiger partial charge in [-0.2, -0.15) is 9.57 Å². The largest absolute Gasteiger partial charge is 0.463 e. The van der Waals surface area contributed by atoms with Crippen molar-refractivity contribution in [3.05, 3.63) is 29.3 Å². The lowest BCUT2D eigenvalue weighted by molar-refractivity contribution is 0.0959. The molecule has 2 amide bonds. The quantitative estimate of drug-likeness (QED) is 0.651. The molecule has 180 valence electrons. The first-order valence-corrected chi connectivity index (χ1v) is 12.9. The van der Waals surface area contributed by atoms with Crippen LogP contribution in [-0.4, -0.2) is 84.5 Å². The Morgan fingerprint density at radius 1 is 1.29 bits per heavy atom. The van der Waals surface area contributed by atoms with Crippen LogP contribution < -0.4 is 5.32 Å². The summed E-state index contributed by atoms with van der Waals surface area (Å²) in [5.74, 6) is 0.494. The molecule has 5 rings (SSSR count). The van der Waals surface area contributed by atoms with Gasteiger partial charge in [0.25, 0.3) is 10.0 Å². The number of halogens is 1. The van der Waals surface area contributed by atoms with Gasteiger partial charge < -0.3 is 14.6 Å². The fourth-order valence-corrected chi connectivity index (χ4v) is 6.23. The van der Waals surface area contributed by atoms with Crippen molar-refractivity contribution in [2.24, 2.45) is 5.10 Å². The van der Waals surface area contributed by atoms with Gasteiger partial charge in [-0.1, -0.05) is 11.6 Å². The Balaban J connectivity index is 1.36. The highest BCUT2D eigenvalue weighted by molar-refractivity contribution is 7.89. The van der Waals surface area contributed by atoms with E-state index in [1.807, 2.05) is 0 Å². The van der Waals surface area contributed by atoms with Crippen molar-refractivity contribution in [3.63, 3.8) is 0 Å². The lowest BCUT2D eigenvalue weighted by Crippen LogP contribution is -2.59. The minimum atomic E-state index is -3.84. The summed E-state index contributed by atoms with van der Waals surface area (Å²) in [6.45, 7) is 1.23. The predicted molar refractivity (Wildman–Crippen MR) is 124 cm³/mol. The second-order valence-electron chi connectivity index (χ2n) is 8.45. The maximum atomic E-state index is 13.4. The number of nitriles is 1. The summed E-state index contributed by atoms with van der Waals surface area (Å²) in [7, 11) is -3.84. The van der Waals surface area contributed by atoms with Crippen LogP contribution in [-0.2, 0) is 14.8 Å². The number of piperazine rings is 1. The number of nitrogens with zero attached hydrogens (tertiary/aromatic N) is 5. The number of carbonyl (C=O) groups excluding carboxylic acids is 1. The van der Waals surface area contributed by atoms with Gasteiger partial charge in [-0.15, -0.1) is 5.10 Å². The maximum Gasteiger partial charge on any atom is 0.340 e. The summed E-state index contributed by atoms with van der Waals surface area (Å²) in [5.41, 5.74) is 0.670. The van der Waals surface area contributed by atoms with E-state index in [0.717, 1.165) is 0 Å². The molecule has 0 bridgehead atoms. The Morgan fingerprint density at radius 3 is 2.97 bits per heavy atom. The average molecular weight is 506 g/mol. The highest BCUT2D eigenvalue weighted by atomic mass is 35.5. The van der Waals surface area contributed by atoms with Gasteiger partial charge in [0, 0.05) is 54.6 Å². The number of nitrogens with one attached hydrogen (secondary N) is 2. The van der Waals surface area contributed by atoms with Crippen LogP contribution in [0.4, 0.5) is 4.79 Å². The molecule has 2 unspecified atom stereocenters. The SMILES string of the molecule is N#CCCC1CN(S(=O)(=O)c2cc3cc(Cl)ccc3[nH]2)CCN1C(=O)N1CCC2NCOC2=N1. The van der Waals surface area contributed by atoms with Crippen LogP contribution in [0.15, 0.2) is 34.4 Å². The van der Waals surface area contributed by atoms with Crippen LogP contribution in [0.1, 0.15) is 19.3 Å². The lowest BCUT2D eigenvalue weighted by atomic mass is 10.1. The highest BCUT2D eigenvalue weighted by Crippen LogP contribution is 2.27. The van der Waals surface area contributed by atoms with Crippen molar-refractivity contribution in [1.29, 1.82) is 5.26 Å². The number of hydrazone groups is 1. The van der Waals surface area contributed by atoms with E-state index < -0.39 is 16.1 Å². The predicted octanol–water partition coefficient (Wildman–Crippen LogP) is 1.89. The van der Waals surface area contributed by atoms with Crippen LogP contribution in [0.5, 0.6) is 0 Å². The Labute approximate surface area is 201 Å². The number of sulfonamides is 1. The molecule has 1 aromatic carbocycles. The van der Waals surface area contributed by atoms with Crippen molar-refractivity contribution in [2.45, 2.75) is 36.4 Å². The van der Waals surface area contributed by atoms with Gasteiger partial charge in [-0.05, 0) is 37.1 Å². The molecule has 0 spiro atoms. The topological polar surface area (TPSA) is 134 Å². The number of aromatic nitrogens is 1. The molecule has 2 aromatic rings. The first kappa shape index (κ1) is 22.9. The summed E-state index contributed by atoms with van der Waals surface area (Å²) in [4.78, 5) is 17.9. The second-order valence-corrected chi connectivity index (χ2v) is 10.8. The van der Waals surface area contributed by atoms with Crippen LogP contribution in [0.25, 0.3) is 10.9 Å².